The van der Waals surface area contributed by atoms with Crippen LogP contribution in [0.3, 0.4) is 0 Å². The number of hydrogen-bond acceptors (Lipinski definition) is 4. The Morgan fingerprint density at radius 2 is 2.00 bits per heavy atom. The summed E-state index contributed by atoms with van der Waals surface area (Å²) in [6, 6.07) is 14.2. The SMILES string of the molecule is N#Cc1oc2ccccc2c1Oc1ccc(N)cc1Cl. The van der Waals surface area contributed by atoms with E-state index >= 15 is 0 Å². The van der Waals surface area contributed by atoms with Gasteiger partial charge in [0.25, 0.3) is 0 Å². The summed E-state index contributed by atoms with van der Waals surface area (Å²) in [7, 11) is 0. The molecule has 0 saturated heterocycles. The van der Waals surface area contributed by atoms with Crippen molar-refractivity contribution in [3.05, 3.63) is 53.2 Å². The van der Waals surface area contributed by atoms with Crippen LogP contribution in [0.25, 0.3) is 11.0 Å². The average molecular weight is 285 g/mol. The van der Waals surface area contributed by atoms with E-state index in [2.05, 4.69) is 0 Å². The lowest BCUT2D eigenvalue weighted by molar-refractivity contribution is 0.467. The van der Waals surface area contributed by atoms with Crippen LogP contribution >= 0.6 is 11.6 Å². The number of nitriles is 1. The van der Waals surface area contributed by atoms with Crippen LogP contribution in [0, 0.1) is 11.3 Å². The van der Waals surface area contributed by atoms with E-state index in [1.807, 2.05) is 24.3 Å². The molecule has 3 rings (SSSR count). The first-order valence-corrected chi connectivity index (χ1v) is 6.21. The zero-order valence-corrected chi connectivity index (χ0v) is 11.0. The van der Waals surface area contributed by atoms with E-state index in [0.717, 1.165) is 5.39 Å². The van der Waals surface area contributed by atoms with E-state index in [0.29, 0.717) is 27.8 Å². The molecule has 1 heterocycles. The molecule has 98 valence electrons. The van der Waals surface area contributed by atoms with E-state index < -0.39 is 0 Å². The highest BCUT2D eigenvalue weighted by Gasteiger charge is 2.17. The number of ether oxygens (including phenoxy) is 1. The van der Waals surface area contributed by atoms with Crippen LogP contribution in [0.1, 0.15) is 5.76 Å². The van der Waals surface area contributed by atoms with Crippen LogP contribution in [0.4, 0.5) is 5.69 Å². The van der Waals surface area contributed by atoms with Crippen molar-refractivity contribution in [2.45, 2.75) is 0 Å². The number of hydrogen-bond donors (Lipinski definition) is 1. The minimum absolute atomic E-state index is 0.110. The van der Waals surface area contributed by atoms with Gasteiger partial charge in [-0.1, -0.05) is 23.7 Å². The van der Waals surface area contributed by atoms with Gasteiger partial charge in [-0.15, -0.1) is 0 Å². The zero-order chi connectivity index (χ0) is 14.1. The van der Waals surface area contributed by atoms with Crippen LogP contribution in [-0.2, 0) is 0 Å². The summed E-state index contributed by atoms with van der Waals surface area (Å²) < 4.78 is 11.2. The number of anilines is 1. The molecule has 0 unspecified atom stereocenters. The Kier molecular flexibility index (Phi) is 2.97. The Morgan fingerprint density at radius 3 is 2.75 bits per heavy atom. The molecule has 2 aromatic carbocycles. The van der Waals surface area contributed by atoms with Crippen LogP contribution in [-0.4, -0.2) is 0 Å². The lowest BCUT2D eigenvalue weighted by Crippen LogP contribution is -1.89. The highest BCUT2D eigenvalue weighted by molar-refractivity contribution is 6.32. The van der Waals surface area contributed by atoms with Crippen LogP contribution in [0.5, 0.6) is 11.5 Å². The maximum absolute atomic E-state index is 9.13. The molecule has 0 radical (unpaired) electrons. The first-order valence-electron chi connectivity index (χ1n) is 5.83. The average Bonchev–Trinajstić information content (AvgIpc) is 2.80. The van der Waals surface area contributed by atoms with Crippen molar-refractivity contribution in [2.75, 3.05) is 5.73 Å². The summed E-state index contributed by atoms with van der Waals surface area (Å²) in [5.74, 6) is 0.887. The summed E-state index contributed by atoms with van der Waals surface area (Å²) in [5.41, 5.74) is 6.77. The van der Waals surface area contributed by atoms with Gasteiger partial charge < -0.3 is 14.9 Å². The standard InChI is InChI=1S/C15H9ClN2O2/c16-11-7-9(18)5-6-13(11)20-15-10-3-1-2-4-12(10)19-14(15)8-17/h1-7H,18H2. The molecule has 0 aliphatic heterocycles. The molecular formula is C15H9ClN2O2. The predicted octanol–water partition coefficient (Wildman–Crippen LogP) is 4.33. The molecule has 0 amide bonds. The first-order chi connectivity index (χ1) is 9.69. The summed E-state index contributed by atoms with van der Waals surface area (Å²) in [4.78, 5) is 0. The number of para-hydroxylation sites is 1. The Morgan fingerprint density at radius 1 is 1.20 bits per heavy atom. The summed E-state index contributed by atoms with van der Waals surface area (Å²) in [6.07, 6.45) is 0. The smallest absolute Gasteiger partial charge is 0.247 e. The van der Waals surface area contributed by atoms with E-state index in [1.54, 1.807) is 24.3 Å². The number of benzene rings is 2. The monoisotopic (exact) mass is 284 g/mol. The first kappa shape index (κ1) is 12.4. The number of nitrogen functional groups attached to an aromatic ring is 1. The van der Waals surface area contributed by atoms with E-state index in [-0.39, 0.29) is 5.76 Å². The third kappa shape index (κ3) is 2.04. The van der Waals surface area contributed by atoms with Crippen molar-refractivity contribution in [2.24, 2.45) is 0 Å². The fraction of sp³-hybridized carbons (Fsp3) is 0. The number of furan rings is 1. The minimum Gasteiger partial charge on any atom is -0.450 e. The maximum Gasteiger partial charge on any atom is 0.247 e. The summed E-state index contributed by atoms with van der Waals surface area (Å²) in [6.45, 7) is 0. The molecule has 0 aliphatic carbocycles. The molecule has 0 aliphatic rings. The zero-order valence-electron chi connectivity index (χ0n) is 10.3. The van der Waals surface area contributed by atoms with E-state index in [9.17, 15) is 0 Å². The number of nitrogens with zero attached hydrogens (tertiary/aromatic N) is 1. The molecule has 20 heavy (non-hydrogen) atoms. The number of rotatable bonds is 2. The van der Waals surface area contributed by atoms with Crippen molar-refractivity contribution in [3.63, 3.8) is 0 Å². The van der Waals surface area contributed by atoms with Crippen molar-refractivity contribution >= 4 is 28.3 Å². The van der Waals surface area contributed by atoms with E-state index in [4.69, 9.17) is 31.8 Å². The number of halogens is 1. The highest BCUT2D eigenvalue weighted by atomic mass is 35.5. The van der Waals surface area contributed by atoms with Crippen LogP contribution in [0.15, 0.2) is 46.9 Å². The normalized spacial score (nSPS) is 10.4. The third-order valence-corrected chi connectivity index (χ3v) is 3.11. The largest absolute Gasteiger partial charge is 0.450 e. The highest BCUT2D eigenvalue weighted by Crippen LogP contribution is 2.38. The Bertz CT molecular complexity index is 833. The van der Waals surface area contributed by atoms with Gasteiger partial charge in [0.2, 0.25) is 5.76 Å². The summed E-state index contributed by atoms with van der Waals surface area (Å²) in [5, 5.41) is 10.2. The minimum atomic E-state index is 0.110. The molecule has 0 fully saturated rings. The molecule has 0 bridgehead atoms. The molecule has 5 heteroatoms. The second kappa shape index (κ2) is 4.80. The van der Waals surface area contributed by atoms with Gasteiger partial charge in [-0.05, 0) is 30.3 Å². The molecule has 1 aromatic heterocycles. The number of fused-ring (bicyclic) bond motifs is 1. The molecule has 0 spiro atoms. The lowest BCUT2D eigenvalue weighted by Gasteiger charge is -2.06. The van der Waals surface area contributed by atoms with Gasteiger partial charge in [0.15, 0.2) is 5.75 Å². The van der Waals surface area contributed by atoms with Crippen molar-refractivity contribution < 1.29 is 9.15 Å². The van der Waals surface area contributed by atoms with Gasteiger partial charge in [-0.2, -0.15) is 5.26 Å². The quantitative estimate of drug-likeness (QED) is 0.711. The maximum atomic E-state index is 9.13. The second-order valence-electron chi connectivity index (χ2n) is 4.16. The number of nitrogens with two attached hydrogens (primary N) is 1. The fourth-order valence-corrected chi connectivity index (χ4v) is 2.13. The van der Waals surface area contributed by atoms with Crippen LogP contribution in [0.2, 0.25) is 5.02 Å². The van der Waals surface area contributed by atoms with Gasteiger partial charge in [0, 0.05) is 5.69 Å². The second-order valence-corrected chi connectivity index (χ2v) is 4.57. The van der Waals surface area contributed by atoms with E-state index in [1.165, 1.54) is 0 Å². The van der Waals surface area contributed by atoms with Crippen molar-refractivity contribution in [1.29, 1.82) is 5.26 Å². The van der Waals surface area contributed by atoms with Gasteiger partial charge in [-0.25, -0.2) is 0 Å². The third-order valence-electron chi connectivity index (χ3n) is 2.82. The molecule has 2 N–H and O–H groups in total. The van der Waals surface area contributed by atoms with Gasteiger partial charge in [-0.3, -0.25) is 0 Å². The molecule has 3 aromatic rings. The Hall–Kier alpha value is -2.64. The predicted molar refractivity (Wildman–Crippen MR) is 76.9 cm³/mol. The lowest BCUT2D eigenvalue weighted by atomic mass is 10.2. The molecule has 4 nitrogen and oxygen atoms in total. The van der Waals surface area contributed by atoms with Crippen molar-refractivity contribution in [1.82, 2.24) is 0 Å². The van der Waals surface area contributed by atoms with Gasteiger partial charge >= 0.3 is 0 Å². The van der Waals surface area contributed by atoms with Crippen LogP contribution < -0.4 is 10.5 Å². The molecular weight excluding hydrogens is 276 g/mol. The molecule has 0 atom stereocenters. The Balaban J connectivity index is 2.12. The topological polar surface area (TPSA) is 72.2 Å². The fourth-order valence-electron chi connectivity index (χ4n) is 1.91. The Labute approximate surface area is 119 Å². The van der Waals surface area contributed by atoms with Crippen molar-refractivity contribution in [3.8, 4) is 17.6 Å². The van der Waals surface area contributed by atoms with Gasteiger partial charge in [0.1, 0.15) is 17.4 Å². The summed E-state index contributed by atoms with van der Waals surface area (Å²) >= 11 is 6.07. The molecule has 0 saturated carbocycles. The van der Waals surface area contributed by atoms with Gasteiger partial charge in [0.05, 0.1) is 10.4 Å².